The predicted octanol–water partition coefficient (Wildman–Crippen LogP) is 6.11. The van der Waals surface area contributed by atoms with Crippen molar-refractivity contribution in [2.75, 3.05) is 0 Å². The van der Waals surface area contributed by atoms with Gasteiger partial charge in [0.25, 0.3) is 0 Å². The van der Waals surface area contributed by atoms with Crippen LogP contribution in [0.2, 0.25) is 5.82 Å². The maximum atomic E-state index is 5.07. The molecule has 0 saturated heterocycles. The topological polar surface area (TPSA) is 25.8 Å². The Balaban J connectivity index is 1.46. The van der Waals surface area contributed by atoms with Gasteiger partial charge in [-0.25, -0.2) is 4.98 Å². The molecule has 2 saturated carbocycles. The van der Waals surface area contributed by atoms with Gasteiger partial charge in [0.1, 0.15) is 4.83 Å². The van der Waals surface area contributed by atoms with Crippen molar-refractivity contribution in [1.29, 1.82) is 0 Å². The van der Waals surface area contributed by atoms with E-state index >= 15 is 0 Å². The van der Waals surface area contributed by atoms with E-state index in [-0.39, 0.29) is 0 Å². The van der Waals surface area contributed by atoms with Crippen molar-refractivity contribution in [3.8, 4) is 0 Å². The van der Waals surface area contributed by atoms with E-state index in [1.54, 1.807) is 0 Å². The molecule has 0 spiro atoms. The molecule has 0 radical (unpaired) electrons. The highest BCUT2D eigenvalue weighted by Gasteiger charge is 2.19. The highest BCUT2D eigenvalue weighted by atomic mass is 32.1. The number of fused-ring (bicyclic) bond motifs is 1. The molecule has 2 aromatic rings. The van der Waals surface area contributed by atoms with Crippen molar-refractivity contribution in [2.24, 2.45) is 0 Å². The molecule has 0 N–H and O–H groups in total. The first kappa shape index (κ1) is 18.5. The van der Waals surface area contributed by atoms with E-state index in [0.717, 1.165) is 11.3 Å². The summed E-state index contributed by atoms with van der Waals surface area (Å²) in [5.41, 5.74) is 2.46. The second kappa shape index (κ2) is 9.35. The fourth-order valence-corrected chi connectivity index (χ4v) is 5.99. The van der Waals surface area contributed by atoms with Gasteiger partial charge in [-0.3, -0.25) is 4.98 Å². The highest BCUT2D eigenvalue weighted by Crippen LogP contribution is 2.31. The molecule has 4 heteroatoms. The van der Waals surface area contributed by atoms with Gasteiger partial charge < -0.3 is 0 Å². The monoisotopic (exact) mass is 368 g/mol. The second-order valence-electron chi connectivity index (χ2n) is 8.63. The number of nitrogens with zero attached hydrogens (tertiary/aromatic N) is 2. The number of rotatable bonds is 3. The molecule has 140 valence electrons. The Morgan fingerprint density at radius 2 is 1.35 bits per heavy atom. The van der Waals surface area contributed by atoms with Crippen LogP contribution < -0.4 is 4.91 Å². The van der Waals surface area contributed by atoms with Crippen LogP contribution in [0.15, 0.2) is 12.1 Å². The van der Waals surface area contributed by atoms with Crippen LogP contribution in [-0.4, -0.2) is 17.2 Å². The van der Waals surface area contributed by atoms with Crippen LogP contribution >= 0.6 is 11.3 Å². The Kier molecular flexibility index (Phi) is 6.64. The third kappa shape index (κ3) is 4.88. The lowest BCUT2D eigenvalue weighted by Gasteiger charge is -2.18. The molecule has 2 aliphatic rings. The summed E-state index contributed by atoms with van der Waals surface area (Å²) < 4.78 is 0. The van der Waals surface area contributed by atoms with Crippen molar-refractivity contribution >= 4 is 33.9 Å². The van der Waals surface area contributed by atoms with Crippen LogP contribution in [0, 0.1) is 0 Å². The molecular formula is C22H33BN2S. The minimum Gasteiger partial charge on any atom is -0.250 e. The van der Waals surface area contributed by atoms with Gasteiger partial charge >= 0.3 is 0 Å². The van der Waals surface area contributed by atoms with Crippen LogP contribution in [0.3, 0.4) is 0 Å². The van der Waals surface area contributed by atoms with E-state index < -0.39 is 0 Å². The third-order valence-electron chi connectivity index (χ3n) is 6.53. The third-order valence-corrected chi connectivity index (χ3v) is 7.52. The summed E-state index contributed by atoms with van der Waals surface area (Å²) in [6, 6.07) is 4.52. The number of hydrogen-bond donors (Lipinski definition) is 0. The SMILES string of the molecule is B(c1nc2ccc(C3CCCCCCC3)nc2s1)C1CCCCCCC1. The molecule has 2 aliphatic carbocycles. The number of hydrogen-bond acceptors (Lipinski definition) is 3. The van der Waals surface area contributed by atoms with Crippen LogP contribution in [0.1, 0.15) is 102 Å². The summed E-state index contributed by atoms with van der Waals surface area (Å²) in [6.07, 6.45) is 19.6. The van der Waals surface area contributed by atoms with E-state index in [9.17, 15) is 0 Å². The van der Waals surface area contributed by atoms with Crippen LogP contribution in [0.4, 0.5) is 0 Å². The molecule has 0 bridgehead atoms. The zero-order valence-electron chi connectivity index (χ0n) is 16.2. The summed E-state index contributed by atoms with van der Waals surface area (Å²) in [5, 5.41) is 0. The first-order valence-corrected chi connectivity index (χ1v) is 12.0. The molecule has 2 aromatic heterocycles. The van der Waals surface area contributed by atoms with Crippen LogP contribution in [-0.2, 0) is 0 Å². The average molecular weight is 368 g/mol. The average Bonchev–Trinajstić information content (AvgIpc) is 2.98. The van der Waals surface area contributed by atoms with Gasteiger partial charge in [-0.05, 0) is 25.0 Å². The Morgan fingerprint density at radius 3 is 2.04 bits per heavy atom. The molecule has 4 rings (SSSR count). The number of thiazole rings is 1. The highest BCUT2D eigenvalue weighted by molar-refractivity contribution is 7.26. The summed E-state index contributed by atoms with van der Waals surface area (Å²) in [7, 11) is 1.18. The molecule has 0 atom stereocenters. The van der Waals surface area contributed by atoms with E-state index in [1.165, 1.54) is 113 Å². The van der Waals surface area contributed by atoms with Gasteiger partial charge in [-0.2, -0.15) is 0 Å². The Labute approximate surface area is 163 Å². The van der Waals surface area contributed by atoms with Crippen LogP contribution in [0.5, 0.6) is 0 Å². The maximum absolute atomic E-state index is 5.07. The normalized spacial score (nSPS) is 21.7. The summed E-state index contributed by atoms with van der Waals surface area (Å²) in [6.45, 7) is 0. The van der Waals surface area contributed by atoms with Crippen molar-refractivity contribution < 1.29 is 0 Å². The summed E-state index contributed by atoms with van der Waals surface area (Å²) >= 11 is 1.87. The first-order chi connectivity index (χ1) is 12.9. The first-order valence-electron chi connectivity index (χ1n) is 11.1. The molecule has 0 unspecified atom stereocenters. The van der Waals surface area contributed by atoms with Crippen molar-refractivity contribution in [3.05, 3.63) is 17.8 Å². The summed E-state index contributed by atoms with van der Waals surface area (Å²) in [5.74, 6) is 1.52. The zero-order valence-corrected chi connectivity index (χ0v) is 17.0. The Hall–Kier alpha value is -0.895. The molecule has 0 aromatic carbocycles. The van der Waals surface area contributed by atoms with Crippen molar-refractivity contribution in [2.45, 2.75) is 102 Å². The van der Waals surface area contributed by atoms with E-state index in [4.69, 9.17) is 9.97 Å². The minimum absolute atomic E-state index is 0.677. The summed E-state index contributed by atoms with van der Waals surface area (Å²) in [4.78, 5) is 12.5. The molecule has 26 heavy (non-hydrogen) atoms. The van der Waals surface area contributed by atoms with Crippen LogP contribution in [0.25, 0.3) is 10.3 Å². The molecular weight excluding hydrogens is 335 g/mol. The maximum Gasteiger partial charge on any atom is 0.199 e. The van der Waals surface area contributed by atoms with Gasteiger partial charge in [0, 0.05) is 11.6 Å². The fourth-order valence-electron chi connectivity index (χ4n) is 4.93. The lowest BCUT2D eigenvalue weighted by atomic mass is 9.60. The number of pyridine rings is 1. The molecule has 0 aliphatic heterocycles. The van der Waals surface area contributed by atoms with Crippen molar-refractivity contribution in [1.82, 2.24) is 9.97 Å². The van der Waals surface area contributed by atoms with Gasteiger partial charge in [-0.15, -0.1) is 11.3 Å². The van der Waals surface area contributed by atoms with Gasteiger partial charge in [0.05, 0.1) is 10.4 Å². The quantitative estimate of drug-likeness (QED) is 0.611. The lowest BCUT2D eigenvalue weighted by molar-refractivity contribution is 0.450. The zero-order chi connectivity index (χ0) is 17.6. The fraction of sp³-hybridized carbons (Fsp3) is 0.727. The Morgan fingerprint density at radius 1 is 0.731 bits per heavy atom. The predicted molar refractivity (Wildman–Crippen MR) is 115 cm³/mol. The smallest absolute Gasteiger partial charge is 0.199 e. The minimum atomic E-state index is 0.677. The Bertz CT molecular complexity index is 683. The van der Waals surface area contributed by atoms with Crippen molar-refractivity contribution in [3.63, 3.8) is 0 Å². The molecule has 2 fully saturated rings. The number of aromatic nitrogens is 2. The van der Waals surface area contributed by atoms with E-state index in [0.29, 0.717) is 5.92 Å². The van der Waals surface area contributed by atoms with Gasteiger partial charge in [0.2, 0.25) is 0 Å². The van der Waals surface area contributed by atoms with E-state index in [2.05, 4.69) is 12.1 Å². The molecule has 2 nitrogen and oxygen atoms in total. The standard InChI is InChI=1S/C22H33BN2S/c1-3-7-11-17(12-8-4-1)19-15-16-20-21(24-19)26-22(25-20)23-18-13-9-5-2-6-10-14-18/h15-18,23H,1-14H2. The second-order valence-corrected chi connectivity index (χ2v) is 9.69. The van der Waals surface area contributed by atoms with Gasteiger partial charge in [0.15, 0.2) is 7.28 Å². The largest absolute Gasteiger partial charge is 0.250 e. The molecule has 2 heterocycles. The van der Waals surface area contributed by atoms with E-state index in [1.807, 2.05) is 11.3 Å². The molecule has 0 amide bonds. The van der Waals surface area contributed by atoms with Gasteiger partial charge in [-0.1, -0.05) is 82.9 Å². The lowest BCUT2D eigenvalue weighted by Crippen LogP contribution is -2.19.